The number of hydrogen-bond acceptors (Lipinski definition) is 4. The Labute approximate surface area is 95.6 Å². The van der Waals surface area contributed by atoms with E-state index in [1.807, 2.05) is 11.8 Å². The molecule has 0 aromatic heterocycles. The monoisotopic (exact) mass is 232 g/mol. The molecule has 82 valence electrons. The SMILES string of the molecule is CSC1CNCC1N1CCCSCC1. The van der Waals surface area contributed by atoms with Gasteiger partial charge in [0.2, 0.25) is 0 Å². The van der Waals surface area contributed by atoms with E-state index in [0.29, 0.717) is 0 Å². The van der Waals surface area contributed by atoms with Crippen LogP contribution in [0.4, 0.5) is 0 Å². The van der Waals surface area contributed by atoms with Gasteiger partial charge in [0, 0.05) is 36.7 Å². The van der Waals surface area contributed by atoms with Crippen LogP contribution in [0.25, 0.3) is 0 Å². The molecule has 2 aliphatic rings. The van der Waals surface area contributed by atoms with E-state index in [9.17, 15) is 0 Å². The van der Waals surface area contributed by atoms with Crippen LogP contribution in [-0.4, -0.2) is 60.1 Å². The normalized spacial score (nSPS) is 35.8. The third-order valence-electron chi connectivity index (χ3n) is 3.16. The summed E-state index contributed by atoms with van der Waals surface area (Å²) in [5, 5.41) is 4.34. The maximum atomic E-state index is 3.52. The van der Waals surface area contributed by atoms with Gasteiger partial charge in [-0.2, -0.15) is 23.5 Å². The molecule has 2 atom stereocenters. The Bertz CT molecular complexity index is 170. The number of hydrogen-bond donors (Lipinski definition) is 1. The van der Waals surface area contributed by atoms with Crippen molar-refractivity contribution in [2.24, 2.45) is 0 Å². The van der Waals surface area contributed by atoms with Crippen LogP contribution < -0.4 is 5.32 Å². The molecule has 4 heteroatoms. The van der Waals surface area contributed by atoms with Crippen LogP contribution in [0.3, 0.4) is 0 Å². The van der Waals surface area contributed by atoms with Crippen molar-refractivity contribution < 1.29 is 0 Å². The van der Waals surface area contributed by atoms with Gasteiger partial charge in [0.1, 0.15) is 0 Å². The van der Waals surface area contributed by atoms with Crippen LogP contribution in [0.15, 0.2) is 0 Å². The fourth-order valence-electron chi connectivity index (χ4n) is 2.34. The van der Waals surface area contributed by atoms with Crippen molar-refractivity contribution in [1.29, 1.82) is 0 Å². The first-order chi connectivity index (χ1) is 6.92. The summed E-state index contributed by atoms with van der Waals surface area (Å²) in [6.07, 6.45) is 3.62. The molecule has 0 radical (unpaired) electrons. The molecule has 2 aliphatic heterocycles. The van der Waals surface area contributed by atoms with Crippen LogP contribution in [0.1, 0.15) is 6.42 Å². The zero-order valence-electron chi connectivity index (χ0n) is 8.87. The van der Waals surface area contributed by atoms with Crippen molar-refractivity contribution >= 4 is 23.5 Å². The van der Waals surface area contributed by atoms with Crippen molar-refractivity contribution in [1.82, 2.24) is 10.2 Å². The first-order valence-electron chi connectivity index (χ1n) is 5.47. The Morgan fingerprint density at radius 3 is 3.07 bits per heavy atom. The van der Waals surface area contributed by atoms with Gasteiger partial charge in [-0.15, -0.1) is 0 Å². The van der Waals surface area contributed by atoms with E-state index in [1.54, 1.807) is 0 Å². The summed E-state index contributed by atoms with van der Waals surface area (Å²) in [6.45, 7) is 5.02. The summed E-state index contributed by atoms with van der Waals surface area (Å²) >= 11 is 4.15. The second-order valence-electron chi connectivity index (χ2n) is 4.00. The summed E-state index contributed by atoms with van der Waals surface area (Å²) in [5.74, 6) is 2.69. The third-order valence-corrected chi connectivity index (χ3v) is 5.29. The van der Waals surface area contributed by atoms with Crippen LogP contribution >= 0.6 is 23.5 Å². The van der Waals surface area contributed by atoms with Crippen LogP contribution in [0.5, 0.6) is 0 Å². The maximum absolute atomic E-state index is 3.52. The summed E-state index contributed by atoms with van der Waals surface area (Å²) in [7, 11) is 0. The molecular weight excluding hydrogens is 212 g/mol. The molecule has 0 spiro atoms. The lowest BCUT2D eigenvalue weighted by molar-refractivity contribution is 0.228. The average molecular weight is 232 g/mol. The first kappa shape index (κ1) is 11.1. The minimum atomic E-state index is 0.795. The van der Waals surface area contributed by atoms with Crippen molar-refractivity contribution in [2.75, 3.05) is 43.9 Å². The fourth-order valence-corrected chi connectivity index (χ4v) is 4.11. The minimum absolute atomic E-state index is 0.795. The lowest BCUT2D eigenvalue weighted by Gasteiger charge is -2.30. The molecule has 0 bridgehead atoms. The predicted octanol–water partition coefficient (Wildman–Crippen LogP) is 1.13. The maximum Gasteiger partial charge on any atom is 0.0352 e. The van der Waals surface area contributed by atoms with E-state index in [2.05, 4.69) is 28.2 Å². The standard InChI is InChI=1S/C10H20N2S2/c1-13-10-8-11-7-9(10)12-3-2-5-14-6-4-12/h9-11H,2-8H2,1H3. The average Bonchev–Trinajstić information content (AvgIpc) is 2.52. The van der Waals surface area contributed by atoms with Gasteiger partial charge in [0.05, 0.1) is 0 Å². The van der Waals surface area contributed by atoms with E-state index in [4.69, 9.17) is 0 Å². The minimum Gasteiger partial charge on any atom is -0.314 e. The molecule has 0 saturated carbocycles. The molecule has 0 aliphatic carbocycles. The highest BCUT2D eigenvalue weighted by molar-refractivity contribution is 7.99. The molecule has 14 heavy (non-hydrogen) atoms. The molecule has 2 fully saturated rings. The quantitative estimate of drug-likeness (QED) is 0.767. The van der Waals surface area contributed by atoms with Gasteiger partial charge in [0.15, 0.2) is 0 Å². The Kier molecular flexibility index (Phi) is 4.47. The summed E-state index contributed by atoms with van der Waals surface area (Å²) in [6, 6.07) is 0.795. The number of thioether (sulfide) groups is 2. The molecular formula is C10H20N2S2. The van der Waals surface area contributed by atoms with Crippen molar-refractivity contribution in [2.45, 2.75) is 17.7 Å². The molecule has 2 unspecified atom stereocenters. The van der Waals surface area contributed by atoms with Gasteiger partial charge in [-0.1, -0.05) is 0 Å². The van der Waals surface area contributed by atoms with E-state index in [-0.39, 0.29) is 0 Å². The van der Waals surface area contributed by atoms with Gasteiger partial charge in [-0.05, 0) is 25.0 Å². The zero-order chi connectivity index (χ0) is 9.80. The number of nitrogens with one attached hydrogen (secondary N) is 1. The van der Waals surface area contributed by atoms with E-state index in [1.165, 1.54) is 44.1 Å². The number of rotatable bonds is 2. The highest BCUT2D eigenvalue weighted by Gasteiger charge is 2.31. The topological polar surface area (TPSA) is 15.3 Å². The van der Waals surface area contributed by atoms with Crippen LogP contribution in [0.2, 0.25) is 0 Å². The van der Waals surface area contributed by atoms with Gasteiger partial charge in [-0.25, -0.2) is 0 Å². The predicted molar refractivity (Wildman–Crippen MR) is 67.5 cm³/mol. The summed E-state index contributed by atoms with van der Waals surface area (Å²) in [5.41, 5.74) is 0. The molecule has 0 amide bonds. The molecule has 0 aromatic carbocycles. The number of nitrogens with zero attached hydrogens (tertiary/aromatic N) is 1. The van der Waals surface area contributed by atoms with E-state index in [0.717, 1.165) is 11.3 Å². The summed E-state index contributed by atoms with van der Waals surface area (Å²) in [4.78, 5) is 2.71. The molecule has 2 heterocycles. The molecule has 0 aromatic rings. The van der Waals surface area contributed by atoms with Gasteiger partial charge < -0.3 is 5.32 Å². The highest BCUT2D eigenvalue weighted by Crippen LogP contribution is 2.22. The first-order valence-corrected chi connectivity index (χ1v) is 7.91. The van der Waals surface area contributed by atoms with E-state index >= 15 is 0 Å². The molecule has 2 nitrogen and oxygen atoms in total. The van der Waals surface area contributed by atoms with Crippen molar-refractivity contribution in [3.63, 3.8) is 0 Å². The van der Waals surface area contributed by atoms with Gasteiger partial charge in [0.25, 0.3) is 0 Å². The Hall–Kier alpha value is 0.620. The second kappa shape index (κ2) is 5.64. The van der Waals surface area contributed by atoms with Gasteiger partial charge in [-0.3, -0.25) is 4.90 Å². The second-order valence-corrected chi connectivity index (χ2v) is 6.30. The van der Waals surface area contributed by atoms with Gasteiger partial charge >= 0.3 is 0 Å². The largest absolute Gasteiger partial charge is 0.314 e. The van der Waals surface area contributed by atoms with Crippen molar-refractivity contribution in [3.05, 3.63) is 0 Å². The van der Waals surface area contributed by atoms with Crippen LogP contribution in [-0.2, 0) is 0 Å². The third kappa shape index (κ3) is 2.60. The summed E-state index contributed by atoms with van der Waals surface area (Å²) < 4.78 is 0. The van der Waals surface area contributed by atoms with Crippen LogP contribution in [0, 0.1) is 0 Å². The van der Waals surface area contributed by atoms with Crippen molar-refractivity contribution in [3.8, 4) is 0 Å². The Morgan fingerprint density at radius 1 is 1.29 bits per heavy atom. The fraction of sp³-hybridized carbons (Fsp3) is 1.00. The lowest BCUT2D eigenvalue weighted by atomic mass is 10.2. The Morgan fingerprint density at radius 2 is 2.21 bits per heavy atom. The molecule has 1 N–H and O–H groups in total. The smallest absolute Gasteiger partial charge is 0.0352 e. The Balaban J connectivity index is 1.91. The van der Waals surface area contributed by atoms with E-state index < -0.39 is 0 Å². The lowest BCUT2D eigenvalue weighted by Crippen LogP contribution is -2.43. The molecule has 2 rings (SSSR count). The molecule has 2 saturated heterocycles. The zero-order valence-corrected chi connectivity index (χ0v) is 10.5. The highest BCUT2D eigenvalue weighted by atomic mass is 32.2.